The lowest BCUT2D eigenvalue weighted by Gasteiger charge is -2.31. The average Bonchev–Trinajstić information content (AvgIpc) is 2.39. The summed E-state index contributed by atoms with van der Waals surface area (Å²) in [6.45, 7) is 1.93. The van der Waals surface area contributed by atoms with E-state index in [2.05, 4.69) is 17.4 Å². The largest absolute Gasteiger partial charge is 0.385 e. The normalized spacial score (nSPS) is 19.8. The fourth-order valence-corrected chi connectivity index (χ4v) is 2.80. The molecule has 3 heteroatoms. The molecule has 2 aliphatic rings. The van der Waals surface area contributed by atoms with Crippen molar-refractivity contribution in [2.45, 2.75) is 32.1 Å². The summed E-state index contributed by atoms with van der Waals surface area (Å²) in [6.07, 6.45) is 5.12. The molecular formula is C14H18N2O. The van der Waals surface area contributed by atoms with Gasteiger partial charge in [0, 0.05) is 30.9 Å². The number of benzene rings is 1. The second-order valence-electron chi connectivity index (χ2n) is 4.84. The molecule has 2 aliphatic heterocycles. The first-order chi connectivity index (χ1) is 8.36. The van der Waals surface area contributed by atoms with Gasteiger partial charge in [-0.05, 0) is 43.4 Å². The summed E-state index contributed by atoms with van der Waals surface area (Å²) in [5.41, 5.74) is 3.68. The summed E-state index contributed by atoms with van der Waals surface area (Å²) < 4.78 is 0. The summed E-state index contributed by atoms with van der Waals surface area (Å²) in [7, 11) is 0. The van der Waals surface area contributed by atoms with Gasteiger partial charge < -0.3 is 10.2 Å². The fraction of sp³-hybridized carbons (Fsp3) is 0.500. The van der Waals surface area contributed by atoms with Crippen LogP contribution in [0, 0.1) is 0 Å². The maximum atomic E-state index is 12.0. The number of anilines is 2. The van der Waals surface area contributed by atoms with E-state index >= 15 is 0 Å². The zero-order valence-electron chi connectivity index (χ0n) is 10.0. The first kappa shape index (κ1) is 10.6. The van der Waals surface area contributed by atoms with Crippen LogP contribution in [0.5, 0.6) is 0 Å². The molecule has 1 aromatic rings. The highest BCUT2D eigenvalue weighted by Crippen LogP contribution is 2.33. The summed E-state index contributed by atoms with van der Waals surface area (Å²) in [5, 5.41) is 3.42. The number of hydrogen-bond acceptors (Lipinski definition) is 2. The average molecular weight is 230 g/mol. The third kappa shape index (κ3) is 1.90. The molecule has 1 saturated heterocycles. The van der Waals surface area contributed by atoms with Gasteiger partial charge in [0.2, 0.25) is 5.91 Å². The zero-order chi connectivity index (χ0) is 11.7. The van der Waals surface area contributed by atoms with Crippen molar-refractivity contribution in [3.63, 3.8) is 0 Å². The predicted molar refractivity (Wildman–Crippen MR) is 69.5 cm³/mol. The van der Waals surface area contributed by atoms with Gasteiger partial charge in [-0.3, -0.25) is 4.79 Å². The third-order valence-electron chi connectivity index (χ3n) is 3.68. The van der Waals surface area contributed by atoms with E-state index in [1.54, 1.807) is 0 Å². The number of amides is 1. The van der Waals surface area contributed by atoms with Crippen LogP contribution in [-0.2, 0) is 11.2 Å². The monoisotopic (exact) mass is 230 g/mol. The molecule has 0 aliphatic carbocycles. The maximum absolute atomic E-state index is 12.0. The van der Waals surface area contributed by atoms with Gasteiger partial charge in [-0.15, -0.1) is 0 Å². The molecule has 17 heavy (non-hydrogen) atoms. The molecule has 1 fully saturated rings. The van der Waals surface area contributed by atoms with Crippen LogP contribution in [0.15, 0.2) is 18.2 Å². The summed E-state index contributed by atoms with van der Waals surface area (Å²) in [6, 6.07) is 6.26. The zero-order valence-corrected chi connectivity index (χ0v) is 10.0. The van der Waals surface area contributed by atoms with Gasteiger partial charge >= 0.3 is 0 Å². The lowest BCUT2D eigenvalue weighted by Crippen LogP contribution is -2.36. The number of carbonyl (C=O) groups is 1. The van der Waals surface area contributed by atoms with Gasteiger partial charge in [-0.1, -0.05) is 6.07 Å². The number of fused-ring (bicyclic) bond motifs is 1. The predicted octanol–water partition coefficient (Wildman–Crippen LogP) is 2.56. The number of rotatable bonds is 1. The molecule has 0 unspecified atom stereocenters. The fourth-order valence-electron chi connectivity index (χ4n) is 2.80. The molecule has 0 bridgehead atoms. The lowest BCUT2D eigenvalue weighted by atomic mass is 9.99. The van der Waals surface area contributed by atoms with Crippen molar-refractivity contribution in [3.8, 4) is 0 Å². The van der Waals surface area contributed by atoms with Crippen molar-refractivity contribution < 1.29 is 4.79 Å². The van der Waals surface area contributed by atoms with Crippen LogP contribution in [0.2, 0.25) is 0 Å². The topological polar surface area (TPSA) is 32.3 Å². The second-order valence-corrected chi connectivity index (χ2v) is 4.84. The Morgan fingerprint density at radius 1 is 1.12 bits per heavy atom. The Morgan fingerprint density at radius 2 is 2.06 bits per heavy atom. The highest BCUT2D eigenvalue weighted by Gasteiger charge is 2.23. The summed E-state index contributed by atoms with van der Waals surface area (Å²) in [5.74, 6) is 0.287. The van der Waals surface area contributed by atoms with Crippen LogP contribution in [0.1, 0.15) is 31.2 Å². The van der Waals surface area contributed by atoms with Crippen molar-refractivity contribution in [1.82, 2.24) is 0 Å². The van der Waals surface area contributed by atoms with Gasteiger partial charge in [0.15, 0.2) is 0 Å². The molecular weight excluding hydrogens is 212 g/mol. The van der Waals surface area contributed by atoms with E-state index in [4.69, 9.17) is 0 Å². The molecule has 1 N–H and O–H groups in total. The van der Waals surface area contributed by atoms with Crippen LogP contribution in [0.3, 0.4) is 0 Å². The highest BCUT2D eigenvalue weighted by molar-refractivity contribution is 5.95. The van der Waals surface area contributed by atoms with E-state index < -0.39 is 0 Å². The molecule has 2 heterocycles. The Kier molecular flexibility index (Phi) is 2.75. The van der Waals surface area contributed by atoms with Crippen molar-refractivity contribution in [1.29, 1.82) is 0 Å². The molecule has 0 atom stereocenters. The van der Waals surface area contributed by atoms with Crippen LogP contribution in [-0.4, -0.2) is 19.0 Å². The van der Waals surface area contributed by atoms with E-state index in [-0.39, 0.29) is 5.91 Å². The first-order valence-corrected chi connectivity index (χ1v) is 6.52. The lowest BCUT2D eigenvalue weighted by molar-refractivity contribution is -0.119. The second kappa shape index (κ2) is 4.40. The van der Waals surface area contributed by atoms with Gasteiger partial charge in [-0.2, -0.15) is 0 Å². The van der Waals surface area contributed by atoms with Gasteiger partial charge in [0.25, 0.3) is 0 Å². The Balaban J connectivity index is 1.99. The van der Waals surface area contributed by atoms with E-state index in [1.807, 2.05) is 11.0 Å². The third-order valence-corrected chi connectivity index (χ3v) is 3.68. The number of hydrogen-bond donors (Lipinski definition) is 1. The number of carbonyl (C=O) groups excluding carboxylic acids is 1. The number of piperidine rings is 1. The molecule has 1 aromatic carbocycles. The summed E-state index contributed by atoms with van der Waals surface area (Å²) in [4.78, 5) is 14.0. The SMILES string of the molecule is O=C1CCCCN1c1cccc2c1CCCN2. The Labute approximate surface area is 102 Å². The Hall–Kier alpha value is -1.51. The highest BCUT2D eigenvalue weighted by atomic mass is 16.2. The molecule has 0 aromatic heterocycles. The molecule has 0 saturated carbocycles. The summed E-state index contributed by atoms with van der Waals surface area (Å²) >= 11 is 0. The van der Waals surface area contributed by atoms with E-state index in [1.165, 1.54) is 11.3 Å². The van der Waals surface area contributed by atoms with Crippen LogP contribution >= 0.6 is 0 Å². The maximum Gasteiger partial charge on any atom is 0.226 e. The first-order valence-electron chi connectivity index (χ1n) is 6.52. The molecule has 0 spiro atoms. The van der Waals surface area contributed by atoms with Crippen molar-refractivity contribution >= 4 is 17.3 Å². The van der Waals surface area contributed by atoms with Crippen LogP contribution in [0.4, 0.5) is 11.4 Å². The van der Waals surface area contributed by atoms with Crippen LogP contribution < -0.4 is 10.2 Å². The van der Waals surface area contributed by atoms with Crippen molar-refractivity contribution in [3.05, 3.63) is 23.8 Å². The Bertz CT molecular complexity index is 442. The molecule has 1 amide bonds. The smallest absolute Gasteiger partial charge is 0.226 e. The van der Waals surface area contributed by atoms with E-state index in [0.29, 0.717) is 6.42 Å². The van der Waals surface area contributed by atoms with Gasteiger partial charge in [-0.25, -0.2) is 0 Å². The molecule has 3 rings (SSSR count). The molecule has 3 nitrogen and oxygen atoms in total. The van der Waals surface area contributed by atoms with E-state index in [0.717, 1.165) is 44.5 Å². The minimum atomic E-state index is 0.287. The quantitative estimate of drug-likeness (QED) is 0.804. The standard InChI is InChI=1S/C14H18N2O/c17-14-8-1-2-10-16(14)13-7-3-6-12-11(13)5-4-9-15-12/h3,6-7,15H,1-2,4-5,8-10H2. The molecule has 90 valence electrons. The van der Waals surface area contributed by atoms with Crippen molar-refractivity contribution in [2.24, 2.45) is 0 Å². The number of nitrogens with one attached hydrogen (secondary N) is 1. The van der Waals surface area contributed by atoms with Gasteiger partial charge in [0.1, 0.15) is 0 Å². The van der Waals surface area contributed by atoms with Crippen LogP contribution in [0.25, 0.3) is 0 Å². The number of nitrogens with zero attached hydrogens (tertiary/aromatic N) is 1. The molecule has 0 radical (unpaired) electrons. The minimum Gasteiger partial charge on any atom is -0.385 e. The minimum absolute atomic E-state index is 0.287. The van der Waals surface area contributed by atoms with E-state index in [9.17, 15) is 4.79 Å². The Morgan fingerprint density at radius 3 is 2.94 bits per heavy atom. The van der Waals surface area contributed by atoms with Crippen molar-refractivity contribution in [2.75, 3.05) is 23.3 Å². The van der Waals surface area contributed by atoms with Gasteiger partial charge in [0.05, 0.1) is 0 Å².